The summed E-state index contributed by atoms with van der Waals surface area (Å²) in [6.07, 6.45) is 2.54. The smallest absolute Gasteiger partial charge is 0.305 e. The number of piperidine rings is 1. The van der Waals surface area contributed by atoms with Crippen molar-refractivity contribution in [2.24, 2.45) is 5.92 Å². The van der Waals surface area contributed by atoms with Gasteiger partial charge in [0.25, 0.3) is 0 Å². The molecule has 0 unspecified atom stereocenters. The third-order valence-electron chi connectivity index (χ3n) is 3.09. The SMILES string of the molecule is CC(C)N1CCC[C@@H](COCCC(=O)O)C1. The molecule has 0 aromatic heterocycles. The van der Waals surface area contributed by atoms with Gasteiger partial charge < -0.3 is 14.7 Å². The van der Waals surface area contributed by atoms with Crippen molar-refractivity contribution < 1.29 is 14.6 Å². The molecule has 0 aromatic rings. The van der Waals surface area contributed by atoms with Crippen LogP contribution in [0.1, 0.15) is 33.1 Å². The van der Waals surface area contributed by atoms with Crippen molar-refractivity contribution in [3.63, 3.8) is 0 Å². The monoisotopic (exact) mass is 229 g/mol. The number of hydrogen-bond acceptors (Lipinski definition) is 3. The summed E-state index contributed by atoms with van der Waals surface area (Å²) in [6, 6.07) is 0.599. The Morgan fingerprint density at radius 2 is 2.31 bits per heavy atom. The third kappa shape index (κ3) is 4.94. The van der Waals surface area contributed by atoms with Crippen molar-refractivity contribution in [2.75, 3.05) is 26.3 Å². The van der Waals surface area contributed by atoms with E-state index in [2.05, 4.69) is 18.7 Å². The van der Waals surface area contributed by atoms with E-state index in [0.717, 1.165) is 6.54 Å². The number of carboxylic acids is 1. The zero-order valence-corrected chi connectivity index (χ0v) is 10.3. The molecule has 16 heavy (non-hydrogen) atoms. The normalized spacial score (nSPS) is 22.6. The molecule has 1 fully saturated rings. The Kier molecular flexibility index (Phi) is 5.77. The summed E-state index contributed by atoms with van der Waals surface area (Å²) in [7, 11) is 0. The summed E-state index contributed by atoms with van der Waals surface area (Å²) in [4.78, 5) is 12.8. The van der Waals surface area contributed by atoms with Gasteiger partial charge in [0.05, 0.1) is 19.6 Å². The molecule has 1 heterocycles. The van der Waals surface area contributed by atoms with Crippen LogP contribution in [0.2, 0.25) is 0 Å². The summed E-state index contributed by atoms with van der Waals surface area (Å²) < 4.78 is 5.40. The average Bonchev–Trinajstić information content (AvgIpc) is 2.24. The molecule has 0 aromatic carbocycles. The van der Waals surface area contributed by atoms with Gasteiger partial charge in [-0.05, 0) is 39.2 Å². The summed E-state index contributed by atoms with van der Waals surface area (Å²) in [5, 5.41) is 8.48. The Bertz CT molecular complexity index is 218. The van der Waals surface area contributed by atoms with E-state index in [1.165, 1.54) is 19.4 Å². The average molecular weight is 229 g/mol. The molecule has 1 N–H and O–H groups in total. The molecule has 1 aliphatic rings. The molecule has 0 saturated carbocycles. The maximum atomic E-state index is 10.3. The molecule has 0 radical (unpaired) electrons. The fourth-order valence-electron chi connectivity index (χ4n) is 2.11. The molecule has 1 rings (SSSR count). The second-order valence-electron chi connectivity index (χ2n) is 4.82. The molecule has 0 spiro atoms. The molecule has 0 amide bonds. The highest BCUT2D eigenvalue weighted by Gasteiger charge is 2.21. The lowest BCUT2D eigenvalue weighted by molar-refractivity contribution is -0.138. The van der Waals surface area contributed by atoms with Crippen molar-refractivity contribution in [3.05, 3.63) is 0 Å². The topological polar surface area (TPSA) is 49.8 Å². The van der Waals surface area contributed by atoms with Crippen LogP contribution in [0.3, 0.4) is 0 Å². The zero-order valence-electron chi connectivity index (χ0n) is 10.3. The van der Waals surface area contributed by atoms with Crippen LogP contribution in [0, 0.1) is 5.92 Å². The Labute approximate surface area is 97.6 Å². The standard InChI is InChI=1S/C12H23NO3/c1-10(2)13-6-3-4-11(8-13)9-16-7-5-12(14)15/h10-11H,3-9H2,1-2H3,(H,14,15)/t11-/m1/s1. The minimum absolute atomic E-state index is 0.112. The van der Waals surface area contributed by atoms with Crippen LogP contribution in [-0.2, 0) is 9.53 Å². The van der Waals surface area contributed by atoms with Gasteiger partial charge in [0.1, 0.15) is 0 Å². The molecule has 4 heteroatoms. The molecular formula is C12H23NO3. The first kappa shape index (κ1) is 13.5. The molecule has 1 aliphatic heterocycles. The molecular weight excluding hydrogens is 206 g/mol. The van der Waals surface area contributed by atoms with Crippen LogP contribution in [-0.4, -0.2) is 48.3 Å². The minimum Gasteiger partial charge on any atom is -0.481 e. The zero-order chi connectivity index (χ0) is 12.0. The van der Waals surface area contributed by atoms with Crippen molar-refractivity contribution in [3.8, 4) is 0 Å². The molecule has 1 saturated heterocycles. The van der Waals surface area contributed by atoms with Crippen LogP contribution < -0.4 is 0 Å². The van der Waals surface area contributed by atoms with E-state index >= 15 is 0 Å². The number of aliphatic carboxylic acids is 1. The van der Waals surface area contributed by atoms with Crippen molar-refractivity contribution in [1.29, 1.82) is 0 Å². The maximum Gasteiger partial charge on any atom is 0.305 e. The largest absolute Gasteiger partial charge is 0.481 e. The lowest BCUT2D eigenvalue weighted by Crippen LogP contribution is -2.41. The van der Waals surface area contributed by atoms with Gasteiger partial charge in [0, 0.05) is 12.6 Å². The number of carboxylic acid groups (broad SMARTS) is 1. The Balaban J connectivity index is 2.14. The summed E-state index contributed by atoms with van der Waals surface area (Å²) in [5.41, 5.74) is 0. The van der Waals surface area contributed by atoms with E-state index in [1.54, 1.807) is 0 Å². The summed E-state index contributed by atoms with van der Waals surface area (Å²) in [5.74, 6) is -0.211. The Morgan fingerprint density at radius 1 is 1.56 bits per heavy atom. The van der Waals surface area contributed by atoms with Crippen molar-refractivity contribution in [2.45, 2.75) is 39.2 Å². The van der Waals surface area contributed by atoms with Gasteiger partial charge in [0.2, 0.25) is 0 Å². The third-order valence-corrected chi connectivity index (χ3v) is 3.09. The summed E-state index contributed by atoms with van der Waals surface area (Å²) in [6.45, 7) is 7.75. The van der Waals surface area contributed by atoms with Crippen LogP contribution in [0.25, 0.3) is 0 Å². The number of hydrogen-bond donors (Lipinski definition) is 1. The highest BCUT2D eigenvalue weighted by molar-refractivity contribution is 5.66. The first-order valence-corrected chi connectivity index (χ1v) is 6.13. The van der Waals surface area contributed by atoms with Gasteiger partial charge >= 0.3 is 5.97 Å². The van der Waals surface area contributed by atoms with Crippen molar-refractivity contribution >= 4 is 5.97 Å². The highest BCUT2D eigenvalue weighted by atomic mass is 16.5. The van der Waals surface area contributed by atoms with Gasteiger partial charge in [0.15, 0.2) is 0 Å². The van der Waals surface area contributed by atoms with Gasteiger partial charge in [-0.25, -0.2) is 0 Å². The predicted molar refractivity (Wildman–Crippen MR) is 62.5 cm³/mol. The van der Waals surface area contributed by atoms with E-state index in [9.17, 15) is 4.79 Å². The quantitative estimate of drug-likeness (QED) is 0.703. The Morgan fingerprint density at radius 3 is 2.94 bits per heavy atom. The van der Waals surface area contributed by atoms with Crippen LogP contribution >= 0.6 is 0 Å². The number of rotatable bonds is 6. The fraction of sp³-hybridized carbons (Fsp3) is 0.917. The summed E-state index contributed by atoms with van der Waals surface area (Å²) >= 11 is 0. The van der Waals surface area contributed by atoms with Gasteiger partial charge in [-0.3, -0.25) is 4.79 Å². The van der Waals surface area contributed by atoms with E-state index < -0.39 is 5.97 Å². The maximum absolute atomic E-state index is 10.3. The highest BCUT2D eigenvalue weighted by Crippen LogP contribution is 2.18. The van der Waals surface area contributed by atoms with Gasteiger partial charge in [-0.2, -0.15) is 0 Å². The number of likely N-dealkylation sites (tertiary alicyclic amines) is 1. The second kappa shape index (κ2) is 6.86. The molecule has 4 nitrogen and oxygen atoms in total. The van der Waals surface area contributed by atoms with E-state index in [4.69, 9.17) is 9.84 Å². The first-order chi connectivity index (χ1) is 7.59. The lowest BCUT2D eigenvalue weighted by Gasteiger charge is -2.35. The molecule has 0 bridgehead atoms. The fourth-order valence-corrected chi connectivity index (χ4v) is 2.11. The number of carbonyl (C=O) groups is 1. The molecule has 1 atom stereocenters. The predicted octanol–water partition coefficient (Wildman–Crippen LogP) is 1.60. The van der Waals surface area contributed by atoms with Gasteiger partial charge in [-0.1, -0.05) is 0 Å². The van der Waals surface area contributed by atoms with E-state index in [1.807, 2.05) is 0 Å². The van der Waals surface area contributed by atoms with Crippen LogP contribution in [0.4, 0.5) is 0 Å². The Hall–Kier alpha value is -0.610. The van der Waals surface area contributed by atoms with E-state index in [-0.39, 0.29) is 6.42 Å². The van der Waals surface area contributed by atoms with E-state index in [0.29, 0.717) is 25.2 Å². The number of nitrogens with zero attached hydrogens (tertiary/aromatic N) is 1. The van der Waals surface area contributed by atoms with Crippen LogP contribution in [0.5, 0.6) is 0 Å². The minimum atomic E-state index is -0.785. The lowest BCUT2D eigenvalue weighted by atomic mass is 9.98. The van der Waals surface area contributed by atoms with Gasteiger partial charge in [-0.15, -0.1) is 0 Å². The number of ether oxygens (including phenoxy) is 1. The first-order valence-electron chi connectivity index (χ1n) is 6.13. The second-order valence-corrected chi connectivity index (χ2v) is 4.82. The van der Waals surface area contributed by atoms with Crippen LogP contribution in [0.15, 0.2) is 0 Å². The van der Waals surface area contributed by atoms with Crippen molar-refractivity contribution in [1.82, 2.24) is 4.90 Å². The molecule has 0 aliphatic carbocycles. The molecule has 94 valence electrons.